The van der Waals surface area contributed by atoms with Gasteiger partial charge < -0.3 is 16.0 Å². The molecule has 4 nitrogen and oxygen atoms in total. The number of aryl methyl sites for hydroxylation is 1. The van der Waals surface area contributed by atoms with Crippen LogP contribution in [0.4, 0.5) is 10.5 Å². The van der Waals surface area contributed by atoms with Crippen LogP contribution in [-0.2, 0) is 0 Å². The molecule has 1 aromatic carbocycles. The maximum absolute atomic E-state index is 11.9. The van der Waals surface area contributed by atoms with E-state index in [9.17, 15) is 4.79 Å². The largest absolute Gasteiger partial charge is 0.326 e. The first-order valence-corrected chi connectivity index (χ1v) is 6.01. The molecule has 0 bridgehead atoms. The molecule has 1 heterocycles. The molecule has 5 heteroatoms. The van der Waals surface area contributed by atoms with Gasteiger partial charge in [-0.05, 0) is 31.0 Å². The van der Waals surface area contributed by atoms with Gasteiger partial charge in [0.25, 0.3) is 0 Å². The number of rotatable bonds is 1. The third-order valence-corrected chi connectivity index (χ3v) is 3.34. The summed E-state index contributed by atoms with van der Waals surface area (Å²) in [6.45, 7) is 3.26. The van der Waals surface area contributed by atoms with Crippen molar-refractivity contribution in [2.24, 2.45) is 5.73 Å². The number of carbonyl (C=O) groups excluding carboxylic acids is 1. The van der Waals surface area contributed by atoms with E-state index in [1.165, 1.54) is 0 Å². The quantitative estimate of drug-likeness (QED) is 0.806. The average Bonchev–Trinajstić information content (AvgIpc) is 2.70. The first-order chi connectivity index (χ1) is 8.06. The number of nitrogens with two attached hydrogens (primary N) is 1. The summed E-state index contributed by atoms with van der Waals surface area (Å²) in [5.41, 5.74) is 7.46. The predicted octanol–water partition coefficient (Wildman–Crippen LogP) is 2.21. The minimum atomic E-state index is -0.113. The molecule has 1 saturated heterocycles. The topological polar surface area (TPSA) is 58.4 Å². The van der Waals surface area contributed by atoms with E-state index in [0.717, 1.165) is 12.0 Å². The Kier molecular flexibility index (Phi) is 3.54. The van der Waals surface area contributed by atoms with Crippen molar-refractivity contribution in [2.45, 2.75) is 19.4 Å². The first-order valence-electron chi connectivity index (χ1n) is 5.64. The van der Waals surface area contributed by atoms with Crippen LogP contribution in [0.5, 0.6) is 0 Å². The molecule has 1 fully saturated rings. The van der Waals surface area contributed by atoms with Gasteiger partial charge in [-0.25, -0.2) is 4.79 Å². The van der Waals surface area contributed by atoms with E-state index < -0.39 is 0 Å². The highest BCUT2D eigenvalue weighted by molar-refractivity contribution is 6.31. The number of nitrogens with zero attached hydrogens (tertiary/aromatic N) is 1. The lowest BCUT2D eigenvalue weighted by atomic mass is 10.2. The Morgan fingerprint density at radius 2 is 2.35 bits per heavy atom. The van der Waals surface area contributed by atoms with Crippen molar-refractivity contribution < 1.29 is 4.79 Å². The molecule has 1 atom stereocenters. The second kappa shape index (κ2) is 4.94. The zero-order valence-corrected chi connectivity index (χ0v) is 10.5. The molecule has 0 radical (unpaired) electrons. The molecular formula is C12H16ClN3O. The first kappa shape index (κ1) is 12.2. The predicted molar refractivity (Wildman–Crippen MR) is 69.4 cm³/mol. The van der Waals surface area contributed by atoms with Gasteiger partial charge in [0.05, 0.1) is 0 Å². The van der Waals surface area contributed by atoms with E-state index in [1.54, 1.807) is 11.0 Å². The van der Waals surface area contributed by atoms with Crippen LogP contribution in [0.1, 0.15) is 12.0 Å². The van der Waals surface area contributed by atoms with Gasteiger partial charge in [-0.3, -0.25) is 0 Å². The standard InChI is InChI=1S/C12H16ClN3O/c1-8-2-3-10(6-11(8)13)15-12(17)16-5-4-9(14)7-16/h2-3,6,9H,4-5,7,14H2,1H3,(H,15,17). The van der Waals surface area contributed by atoms with Crippen LogP contribution in [0.3, 0.4) is 0 Å². The Hall–Kier alpha value is -1.26. The number of urea groups is 1. The van der Waals surface area contributed by atoms with Crippen LogP contribution >= 0.6 is 11.6 Å². The van der Waals surface area contributed by atoms with Gasteiger partial charge in [0.1, 0.15) is 0 Å². The highest BCUT2D eigenvalue weighted by Crippen LogP contribution is 2.20. The van der Waals surface area contributed by atoms with Gasteiger partial charge >= 0.3 is 6.03 Å². The van der Waals surface area contributed by atoms with Gasteiger partial charge in [-0.15, -0.1) is 0 Å². The second-order valence-corrected chi connectivity index (χ2v) is 4.80. The fourth-order valence-electron chi connectivity index (χ4n) is 1.84. The lowest BCUT2D eigenvalue weighted by Crippen LogP contribution is -2.35. The van der Waals surface area contributed by atoms with Crippen molar-refractivity contribution in [1.29, 1.82) is 0 Å². The van der Waals surface area contributed by atoms with E-state index in [2.05, 4.69) is 5.32 Å². The molecular weight excluding hydrogens is 238 g/mol. The molecule has 1 unspecified atom stereocenters. The number of halogens is 1. The monoisotopic (exact) mass is 253 g/mol. The van der Waals surface area contributed by atoms with Crippen molar-refractivity contribution in [1.82, 2.24) is 4.90 Å². The number of nitrogens with one attached hydrogen (secondary N) is 1. The summed E-state index contributed by atoms with van der Waals surface area (Å²) < 4.78 is 0. The summed E-state index contributed by atoms with van der Waals surface area (Å²) in [6, 6.07) is 5.47. The fourth-order valence-corrected chi connectivity index (χ4v) is 2.03. The Morgan fingerprint density at radius 1 is 1.59 bits per heavy atom. The summed E-state index contributed by atoms with van der Waals surface area (Å²) >= 11 is 6.00. The molecule has 0 aromatic heterocycles. The number of amides is 2. The van der Waals surface area contributed by atoms with E-state index >= 15 is 0 Å². The molecule has 17 heavy (non-hydrogen) atoms. The minimum Gasteiger partial charge on any atom is -0.326 e. The number of anilines is 1. The molecule has 3 N–H and O–H groups in total. The molecule has 2 rings (SSSR count). The van der Waals surface area contributed by atoms with Crippen LogP contribution < -0.4 is 11.1 Å². The summed E-state index contributed by atoms with van der Waals surface area (Å²) in [5, 5.41) is 3.47. The summed E-state index contributed by atoms with van der Waals surface area (Å²) in [7, 11) is 0. The van der Waals surface area contributed by atoms with Gasteiger partial charge in [0.15, 0.2) is 0 Å². The number of hydrogen-bond acceptors (Lipinski definition) is 2. The van der Waals surface area contributed by atoms with Crippen molar-refractivity contribution in [2.75, 3.05) is 18.4 Å². The molecule has 0 saturated carbocycles. The zero-order valence-electron chi connectivity index (χ0n) is 9.74. The highest BCUT2D eigenvalue weighted by Gasteiger charge is 2.23. The molecule has 1 aromatic rings. The number of benzene rings is 1. The maximum atomic E-state index is 11.9. The molecule has 1 aliphatic rings. The lowest BCUT2D eigenvalue weighted by Gasteiger charge is -2.17. The summed E-state index contributed by atoms with van der Waals surface area (Å²) in [4.78, 5) is 13.6. The molecule has 2 amide bonds. The highest BCUT2D eigenvalue weighted by atomic mass is 35.5. The number of hydrogen-bond donors (Lipinski definition) is 2. The van der Waals surface area contributed by atoms with Crippen molar-refractivity contribution in [3.63, 3.8) is 0 Å². The van der Waals surface area contributed by atoms with E-state index in [4.69, 9.17) is 17.3 Å². The van der Waals surface area contributed by atoms with Gasteiger partial charge in [0.2, 0.25) is 0 Å². The molecule has 1 aliphatic heterocycles. The van der Waals surface area contributed by atoms with Crippen LogP contribution in [0.15, 0.2) is 18.2 Å². The summed E-state index contributed by atoms with van der Waals surface area (Å²) in [5.74, 6) is 0. The Bertz CT molecular complexity index is 436. The van der Waals surface area contributed by atoms with Crippen LogP contribution in [0.2, 0.25) is 5.02 Å². The van der Waals surface area contributed by atoms with Crippen LogP contribution in [0, 0.1) is 6.92 Å². The lowest BCUT2D eigenvalue weighted by molar-refractivity contribution is 0.222. The molecule has 0 spiro atoms. The number of carbonyl (C=O) groups is 1. The molecule has 0 aliphatic carbocycles. The van der Waals surface area contributed by atoms with Crippen molar-refractivity contribution >= 4 is 23.3 Å². The van der Waals surface area contributed by atoms with Crippen LogP contribution in [-0.4, -0.2) is 30.1 Å². The molecule has 92 valence electrons. The number of likely N-dealkylation sites (tertiary alicyclic amines) is 1. The average molecular weight is 254 g/mol. The summed E-state index contributed by atoms with van der Waals surface area (Å²) in [6.07, 6.45) is 0.863. The third-order valence-electron chi connectivity index (χ3n) is 2.94. The van der Waals surface area contributed by atoms with Crippen molar-refractivity contribution in [3.8, 4) is 0 Å². The Balaban J connectivity index is 2.00. The van der Waals surface area contributed by atoms with Gasteiger partial charge in [-0.2, -0.15) is 0 Å². The SMILES string of the molecule is Cc1ccc(NC(=O)N2CCC(N)C2)cc1Cl. The fraction of sp³-hybridized carbons (Fsp3) is 0.417. The minimum absolute atomic E-state index is 0.0994. The zero-order chi connectivity index (χ0) is 12.4. The van der Waals surface area contributed by atoms with Crippen molar-refractivity contribution in [3.05, 3.63) is 28.8 Å². The third kappa shape index (κ3) is 2.90. The van der Waals surface area contributed by atoms with Crippen LogP contribution in [0.25, 0.3) is 0 Å². The normalized spacial score (nSPS) is 19.5. The van der Waals surface area contributed by atoms with Gasteiger partial charge in [-0.1, -0.05) is 17.7 Å². The smallest absolute Gasteiger partial charge is 0.321 e. The van der Waals surface area contributed by atoms with E-state index in [-0.39, 0.29) is 12.1 Å². The van der Waals surface area contributed by atoms with E-state index in [0.29, 0.717) is 23.8 Å². The maximum Gasteiger partial charge on any atom is 0.321 e. The van der Waals surface area contributed by atoms with E-state index in [1.807, 2.05) is 19.1 Å². The Morgan fingerprint density at radius 3 is 2.94 bits per heavy atom. The van der Waals surface area contributed by atoms with Gasteiger partial charge in [0, 0.05) is 29.8 Å². The second-order valence-electron chi connectivity index (χ2n) is 4.39. The Labute approximate surface area is 106 Å².